The minimum atomic E-state index is -4.05. The third-order valence-electron chi connectivity index (χ3n) is 7.19. The summed E-state index contributed by atoms with van der Waals surface area (Å²) in [5.41, 5.74) is 6.50. The molecule has 7 heteroatoms. The van der Waals surface area contributed by atoms with Gasteiger partial charge in [-0.05, 0) is 72.7 Å². The van der Waals surface area contributed by atoms with Gasteiger partial charge in [0.2, 0.25) is 6.41 Å². The van der Waals surface area contributed by atoms with Gasteiger partial charge in [-0.3, -0.25) is 4.79 Å². The van der Waals surface area contributed by atoms with E-state index >= 15 is 0 Å². The van der Waals surface area contributed by atoms with Gasteiger partial charge < -0.3 is 4.57 Å². The first-order chi connectivity index (χ1) is 18.5. The summed E-state index contributed by atoms with van der Waals surface area (Å²) >= 11 is 0. The van der Waals surface area contributed by atoms with Gasteiger partial charge in [0.05, 0.1) is 10.6 Å². The summed E-state index contributed by atoms with van der Waals surface area (Å²) < 4.78 is 29.7. The SMILES string of the molecule is Cc1ccnc2c1cc(C1CC1)n2Cc1ccc(-c2ccccc2N(C=O)S(=O)(=O)c2ccccc2)cc1. The molecule has 0 saturated heterocycles. The van der Waals surface area contributed by atoms with Gasteiger partial charge in [0.25, 0.3) is 10.0 Å². The Bertz CT molecular complexity index is 1740. The lowest BCUT2D eigenvalue weighted by Gasteiger charge is -2.21. The van der Waals surface area contributed by atoms with Gasteiger partial charge in [-0.15, -0.1) is 0 Å². The minimum absolute atomic E-state index is 0.0616. The monoisotopic (exact) mass is 521 g/mol. The number of benzene rings is 3. The number of amides is 1. The fraction of sp³-hybridized carbons (Fsp3) is 0.161. The van der Waals surface area contributed by atoms with E-state index in [9.17, 15) is 13.2 Å². The van der Waals surface area contributed by atoms with E-state index in [4.69, 9.17) is 0 Å². The average Bonchev–Trinajstić information content (AvgIpc) is 3.72. The van der Waals surface area contributed by atoms with Crippen LogP contribution < -0.4 is 4.31 Å². The third kappa shape index (κ3) is 4.29. The van der Waals surface area contributed by atoms with Crippen LogP contribution in [0.4, 0.5) is 5.69 Å². The molecule has 3 aromatic carbocycles. The molecule has 0 atom stereocenters. The molecule has 6 rings (SSSR count). The van der Waals surface area contributed by atoms with Gasteiger partial charge in [0, 0.05) is 29.4 Å². The van der Waals surface area contributed by atoms with E-state index in [0.717, 1.165) is 21.1 Å². The molecule has 2 heterocycles. The molecule has 1 aliphatic carbocycles. The predicted molar refractivity (Wildman–Crippen MR) is 150 cm³/mol. The van der Waals surface area contributed by atoms with Crippen molar-refractivity contribution in [2.24, 2.45) is 0 Å². The van der Waals surface area contributed by atoms with Gasteiger partial charge in [-0.25, -0.2) is 17.7 Å². The predicted octanol–water partition coefficient (Wildman–Crippen LogP) is 6.29. The molecule has 5 aromatic rings. The van der Waals surface area contributed by atoms with Crippen molar-refractivity contribution in [3.63, 3.8) is 0 Å². The molecule has 0 spiro atoms. The number of carbonyl (C=O) groups excluding carboxylic acids is 1. The Morgan fingerprint density at radius 2 is 1.66 bits per heavy atom. The molecule has 1 saturated carbocycles. The Morgan fingerprint density at radius 1 is 0.947 bits per heavy atom. The van der Waals surface area contributed by atoms with Crippen molar-refractivity contribution in [3.05, 3.63) is 114 Å². The maximum Gasteiger partial charge on any atom is 0.270 e. The number of hydrogen-bond acceptors (Lipinski definition) is 4. The van der Waals surface area contributed by atoms with Gasteiger partial charge in [-0.1, -0.05) is 60.7 Å². The Balaban J connectivity index is 1.34. The largest absolute Gasteiger partial charge is 0.325 e. The molecule has 38 heavy (non-hydrogen) atoms. The number of aryl methyl sites for hydroxylation is 1. The highest BCUT2D eigenvalue weighted by Crippen LogP contribution is 2.43. The Morgan fingerprint density at radius 3 is 2.37 bits per heavy atom. The summed E-state index contributed by atoms with van der Waals surface area (Å²) in [6, 6.07) is 27.5. The maximum atomic E-state index is 13.3. The van der Waals surface area contributed by atoms with E-state index in [1.54, 1.807) is 30.3 Å². The first-order valence-corrected chi connectivity index (χ1v) is 14.1. The van der Waals surface area contributed by atoms with Gasteiger partial charge >= 0.3 is 0 Å². The summed E-state index contributed by atoms with van der Waals surface area (Å²) in [4.78, 5) is 16.9. The average molecular weight is 522 g/mol. The van der Waals surface area contributed by atoms with Gasteiger partial charge in [0.1, 0.15) is 5.65 Å². The number of hydrogen-bond donors (Lipinski definition) is 0. The van der Waals surface area contributed by atoms with Crippen LogP contribution in [0.25, 0.3) is 22.2 Å². The van der Waals surface area contributed by atoms with Crippen LogP contribution in [-0.4, -0.2) is 24.4 Å². The smallest absolute Gasteiger partial charge is 0.270 e. The van der Waals surface area contributed by atoms with Crippen LogP contribution >= 0.6 is 0 Å². The molecule has 1 amide bonds. The molecular formula is C31H27N3O3S. The van der Waals surface area contributed by atoms with Crippen LogP contribution in [0.15, 0.2) is 102 Å². The number of pyridine rings is 1. The lowest BCUT2D eigenvalue weighted by atomic mass is 10.0. The van der Waals surface area contributed by atoms with Gasteiger partial charge in [-0.2, -0.15) is 0 Å². The number of rotatable bonds is 8. The number of sulfonamides is 1. The molecule has 0 unspecified atom stereocenters. The molecule has 0 bridgehead atoms. The molecule has 0 N–H and O–H groups in total. The molecule has 0 aliphatic heterocycles. The normalized spacial score (nSPS) is 13.5. The summed E-state index contributed by atoms with van der Waals surface area (Å²) in [5, 5.41) is 1.20. The highest BCUT2D eigenvalue weighted by atomic mass is 32.2. The van der Waals surface area contributed by atoms with E-state index in [-0.39, 0.29) is 4.90 Å². The fourth-order valence-electron chi connectivity index (χ4n) is 5.01. The van der Waals surface area contributed by atoms with Crippen LogP contribution in [-0.2, 0) is 21.4 Å². The van der Waals surface area contributed by atoms with Crippen molar-refractivity contribution >= 4 is 33.2 Å². The molecule has 1 fully saturated rings. The second-order valence-electron chi connectivity index (χ2n) is 9.73. The highest BCUT2D eigenvalue weighted by Gasteiger charge is 2.29. The molecule has 190 valence electrons. The van der Waals surface area contributed by atoms with E-state index < -0.39 is 10.0 Å². The maximum absolute atomic E-state index is 13.3. The van der Waals surface area contributed by atoms with Crippen LogP contribution in [0.5, 0.6) is 0 Å². The number of fused-ring (bicyclic) bond motifs is 1. The first kappa shape index (κ1) is 24.1. The van der Waals surface area contributed by atoms with E-state index in [2.05, 4.69) is 40.7 Å². The first-order valence-electron chi connectivity index (χ1n) is 12.7. The van der Waals surface area contributed by atoms with E-state index in [0.29, 0.717) is 30.1 Å². The van der Waals surface area contributed by atoms with Crippen LogP contribution in [0, 0.1) is 6.92 Å². The Labute approximate surface area is 222 Å². The second kappa shape index (κ2) is 9.58. The second-order valence-corrected chi connectivity index (χ2v) is 11.5. The van der Waals surface area contributed by atoms with E-state index in [1.165, 1.54) is 41.6 Å². The van der Waals surface area contributed by atoms with Crippen LogP contribution in [0.3, 0.4) is 0 Å². The zero-order valence-electron chi connectivity index (χ0n) is 21.0. The number of nitrogens with zero attached hydrogens (tertiary/aromatic N) is 3. The molecule has 0 radical (unpaired) electrons. The highest BCUT2D eigenvalue weighted by molar-refractivity contribution is 7.93. The van der Waals surface area contributed by atoms with Crippen molar-refractivity contribution in [2.45, 2.75) is 37.1 Å². The van der Waals surface area contributed by atoms with Crippen molar-refractivity contribution < 1.29 is 13.2 Å². The van der Waals surface area contributed by atoms with E-state index in [1.807, 2.05) is 30.5 Å². The number of para-hydroxylation sites is 1. The van der Waals surface area contributed by atoms with Crippen LogP contribution in [0.2, 0.25) is 0 Å². The standard InChI is InChI=1S/C31H27N3O3S/c1-22-17-18-32-31-28(22)19-30(25-15-16-25)33(31)20-23-11-13-24(14-12-23)27-9-5-6-10-29(27)34(21-35)38(36,37)26-7-3-2-4-8-26/h2-14,17-19,21,25H,15-16,20H2,1H3. The zero-order valence-corrected chi connectivity index (χ0v) is 21.8. The topological polar surface area (TPSA) is 72.3 Å². The molecule has 2 aromatic heterocycles. The number of aromatic nitrogens is 2. The summed E-state index contributed by atoms with van der Waals surface area (Å²) in [7, 11) is -4.05. The molecular weight excluding hydrogens is 494 g/mol. The van der Waals surface area contributed by atoms with Crippen molar-refractivity contribution in [3.8, 4) is 11.1 Å². The Hall–Kier alpha value is -4.23. The van der Waals surface area contributed by atoms with Crippen molar-refractivity contribution in [1.82, 2.24) is 9.55 Å². The Kier molecular flexibility index (Phi) is 6.08. The third-order valence-corrected chi connectivity index (χ3v) is 8.85. The summed E-state index contributed by atoms with van der Waals surface area (Å²) in [6.07, 6.45) is 4.66. The van der Waals surface area contributed by atoms with Crippen LogP contribution in [0.1, 0.15) is 35.6 Å². The zero-order chi connectivity index (χ0) is 26.3. The molecule has 1 aliphatic rings. The fourth-order valence-corrected chi connectivity index (χ4v) is 6.27. The minimum Gasteiger partial charge on any atom is -0.325 e. The number of anilines is 1. The van der Waals surface area contributed by atoms with Crippen molar-refractivity contribution in [1.29, 1.82) is 0 Å². The summed E-state index contributed by atoms with van der Waals surface area (Å²) in [6.45, 7) is 2.83. The number of carbonyl (C=O) groups is 1. The summed E-state index contributed by atoms with van der Waals surface area (Å²) in [5.74, 6) is 0.593. The molecule has 6 nitrogen and oxygen atoms in total. The van der Waals surface area contributed by atoms with Crippen molar-refractivity contribution in [2.75, 3.05) is 4.31 Å². The quantitative estimate of drug-likeness (QED) is 0.225. The lowest BCUT2D eigenvalue weighted by molar-refractivity contribution is -0.106. The lowest BCUT2D eigenvalue weighted by Crippen LogP contribution is -2.30. The van der Waals surface area contributed by atoms with Gasteiger partial charge in [0.15, 0.2) is 0 Å².